The molecule has 2 rings (SSSR count). The zero-order valence-corrected chi connectivity index (χ0v) is 13.8. The van der Waals surface area contributed by atoms with Crippen LogP contribution >= 0.6 is 0 Å². The molecule has 14 heavy (non-hydrogen) atoms. The first-order chi connectivity index (χ1) is 6.13. The molecule has 0 amide bonds. The van der Waals surface area contributed by atoms with Gasteiger partial charge in [-0.25, -0.2) is 5.56 Å². The number of fused-ring (bicyclic) bond motifs is 1. The Morgan fingerprint density at radius 2 is 2.21 bits per heavy atom. The predicted molar refractivity (Wildman–Crippen MR) is 48.4 cm³/mol. The number of rotatable bonds is 0. The van der Waals surface area contributed by atoms with Crippen LogP contribution in [0.3, 0.4) is 0 Å². The maximum atomic E-state index is 11.5. The molecule has 0 aliphatic heterocycles. The average molecular weight is 434 g/mol. The average Bonchev–Trinajstić information content (AvgIpc) is 2.33. The first-order valence-electron chi connectivity index (χ1n) is 4.25. The number of hydrogen-bond donors (Lipinski definition) is 0. The van der Waals surface area contributed by atoms with Gasteiger partial charge in [-0.15, -0.1) is 5.52 Å². The summed E-state index contributed by atoms with van der Waals surface area (Å²) in [4.78, 5) is 11.5. The smallest absolute Gasteiger partial charge is 0.0738 e. The Balaban J connectivity index is 0.000000980. The second-order valence-electron chi connectivity index (χ2n) is 2.90. The fraction of sp³-hybridized carbons (Fsp3) is 0.200. The van der Waals surface area contributed by atoms with Crippen molar-refractivity contribution in [2.45, 2.75) is 6.92 Å². The van der Waals surface area contributed by atoms with Crippen LogP contribution in [0.4, 0.5) is 0 Å². The largest absolute Gasteiger partial charge is 0.463 e. The standard InChI is InChI=1S/C10H9NO.W.Y/c1-7-4-3-5-8-10(7)9(12)6-11(8)2;;/h4-6H,1-2H3;;/q-2;;/i6T;;. The Hall–Kier alpha value is 0.352. The van der Waals surface area contributed by atoms with Crippen molar-refractivity contribution in [1.29, 1.82) is 0 Å². The molecule has 0 aliphatic carbocycles. The number of aromatic nitrogens is 1. The van der Waals surface area contributed by atoms with Gasteiger partial charge in [0.1, 0.15) is 0 Å². The van der Waals surface area contributed by atoms with E-state index in [1.807, 2.05) is 6.92 Å². The fourth-order valence-corrected chi connectivity index (χ4v) is 1.42. The second-order valence-corrected chi connectivity index (χ2v) is 2.90. The number of hydrogen-bond acceptors (Lipinski definition) is 1. The summed E-state index contributed by atoms with van der Waals surface area (Å²) >= 11 is 0. The third-order valence-corrected chi connectivity index (χ3v) is 2.03. The Labute approximate surface area is 124 Å². The van der Waals surface area contributed by atoms with Gasteiger partial charge in [0.25, 0.3) is 0 Å². The van der Waals surface area contributed by atoms with Crippen molar-refractivity contribution in [2.75, 3.05) is 0 Å². The summed E-state index contributed by atoms with van der Waals surface area (Å²) < 4.78 is 9.09. The molecule has 2 aromatic rings. The number of nitrogens with zero attached hydrogens (tertiary/aromatic N) is 1. The number of aryl methyl sites for hydroxylation is 2. The first-order valence-corrected chi connectivity index (χ1v) is 3.75. The summed E-state index contributed by atoms with van der Waals surface area (Å²) in [6.07, 6.45) is 0.0395. The molecule has 0 spiro atoms. The molecule has 1 aromatic heterocycles. The van der Waals surface area contributed by atoms with Gasteiger partial charge in [-0.3, -0.25) is 0 Å². The topological polar surface area (TPSA) is 22.0 Å². The summed E-state index contributed by atoms with van der Waals surface area (Å²) in [5, 5.41) is 0.645. The molecular formula is C10H9NOWY-2. The van der Waals surface area contributed by atoms with E-state index in [4.69, 9.17) is 1.37 Å². The van der Waals surface area contributed by atoms with E-state index in [1.165, 1.54) is 0 Å². The van der Waals surface area contributed by atoms with Gasteiger partial charge in [-0.2, -0.15) is 23.6 Å². The maximum Gasteiger partial charge on any atom is 0.0738 e. The number of benzene rings is 1. The van der Waals surface area contributed by atoms with Gasteiger partial charge in [0.15, 0.2) is 0 Å². The Bertz CT molecular complexity index is 532. The van der Waals surface area contributed by atoms with E-state index >= 15 is 0 Å². The van der Waals surface area contributed by atoms with Crippen LogP contribution in [0.2, 0.25) is 0 Å². The van der Waals surface area contributed by atoms with Gasteiger partial charge in [0.2, 0.25) is 0 Å². The maximum absolute atomic E-state index is 11.5. The normalized spacial score (nSPS) is 10.3. The van der Waals surface area contributed by atoms with Crippen molar-refractivity contribution in [3.8, 4) is 0 Å². The summed E-state index contributed by atoms with van der Waals surface area (Å²) in [5.74, 6) is 0. The Morgan fingerprint density at radius 1 is 1.57 bits per heavy atom. The molecule has 0 bridgehead atoms. The van der Waals surface area contributed by atoms with Crippen molar-refractivity contribution < 1.29 is 55.1 Å². The monoisotopic (exact) mass is 434 g/mol. The first kappa shape index (κ1) is 12.4. The second kappa shape index (κ2) is 5.44. The van der Waals surface area contributed by atoms with Crippen molar-refractivity contribution in [3.05, 3.63) is 40.2 Å². The van der Waals surface area contributed by atoms with E-state index in [9.17, 15) is 4.79 Å². The molecule has 0 atom stereocenters. The zero-order valence-electron chi connectivity index (χ0n) is 9.00. The van der Waals surface area contributed by atoms with E-state index in [0.717, 1.165) is 11.1 Å². The van der Waals surface area contributed by atoms with E-state index in [1.54, 1.807) is 23.7 Å². The van der Waals surface area contributed by atoms with Crippen LogP contribution in [0.15, 0.2) is 23.1 Å². The van der Waals surface area contributed by atoms with Gasteiger partial charge >= 0.3 is 0 Å². The van der Waals surface area contributed by atoms with Crippen molar-refractivity contribution >= 4 is 10.9 Å². The predicted octanol–water partition coefficient (Wildman–Crippen LogP) is 1.36. The minimum Gasteiger partial charge on any atom is -0.463 e. The molecule has 0 aliphatic rings. The zero-order chi connectivity index (χ0) is 9.59. The van der Waals surface area contributed by atoms with Crippen LogP contribution in [0.1, 0.15) is 6.93 Å². The van der Waals surface area contributed by atoms with Crippen LogP contribution in [-0.4, -0.2) is 4.57 Å². The summed E-state index contributed by atoms with van der Waals surface area (Å²) in [5.41, 5.74) is 1.48. The molecule has 0 saturated carbocycles. The molecular weight excluding hydrogens is 423 g/mol. The minimum atomic E-state index is -0.191. The fourth-order valence-electron chi connectivity index (χ4n) is 1.42. The Kier molecular flexibility index (Phi) is 4.83. The molecule has 1 radical (unpaired) electrons. The van der Waals surface area contributed by atoms with Crippen LogP contribution in [0.5, 0.6) is 0 Å². The van der Waals surface area contributed by atoms with Crippen LogP contribution in [0.25, 0.3) is 10.9 Å². The van der Waals surface area contributed by atoms with Crippen molar-refractivity contribution in [1.82, 2.24) is 4.57 Å². The van der Waals surface area contributed by atoms with Crippen LogP contribution in [-0.2, 0) is 60.8 Å². The summed E-state index contributed by atoms with van der Waals surface area (Å²) in [6.45, 7) is 1.86. The molecule has 2 nitrogen and oxygen atoms in total. The molecule has 0 unspecified atom stereocenters. The van der Waals surface area contributed by atoms with Crippen LogP contribution < -0.4 is 5.43 Å². The van der Waals surface area contributed by atoms with Crippen molar-refractivity contribution in [3.63, 3.8) is 0 Å². The van der Waals surface area contributed by atoms with Crippen molar-refractivity contribution in [2.24, 2.45) is 7.05 Å². The van der Waals surface area contributed by atoms with Gasteiger partial charge in [-0.05, 0) is 8.42 Å². The summed E-state index contributed by atoms with van der Waals surface area (Å²) in [6, 6.07) is 6.45. The summed E-state index contributed by atoms with van der Waals surface area (Å²) in [7, 11) is 1.72. The van der Waals surface area contributed by atoms with E-state index in [-0.39, 0.29) is 65.4 Å². The minimum absolute atomic E-state index is 0. The Morgan fingerprint density at radius 3 is 2.79 bits per heavy atom. The molecule has 1 aromatic carbocycles. The quantitative estimate of drug-likeness (QED) is 0.575. The molecule has 1 heterocycles. The van der Waals surface area contributed by atoms with E-state index < -0.39 is 0 Å². The van der Waals surface area contributed by atoms with Gasteiger partial charge in [-0.1, -0.05) is 13.1 Å². The molecule has 4 heteroatoms. The van der Waals surface area contributed by atoms with E-state index in [0.29, 0.717) is 5.39 Å². The third-order valence-electron chi connectivity index (χ3n) is 2.03. The third kappa shape index (κ3) is 2.29. The van der Waals surface area contributed by atoms with Gasteiger partial charge < -0.3 is 9.36 Å². The van der Waals surface area contributed by atoms with Crippen LogP contribution in [0, 0.1) is 13.0 Å². The molecule has 0 fully saturated rings. The van der Waals surface area contributed by atoms with E-state index in [2.05, 4.69) is 6.07 Å². The van der Waals surface area contributed by atoms with Gasteiger partial charge in [0.05, 0.1) is 5.43 Å². The molecule has 71 valence electrons. The molecule has 0 N–H and O–H groups in total. The van der Waals surface area contributed by atoms with Gasteiger partial charge in [0, 0.05) is 53.8 Å². The molecule has 0 saturated heterocycles. The SMILES string of the molecule is [3H][c-]1c(=O)c2c(C)c[c-]cc2n1C.[W].[Y].